The molecule has 0 aliphatic heterocycles. The van der Waals surface area contributed by atoms with E-state index in [4.69, 9.17) is 5.14 Å². The molecule has 108 valence electrons. The van der Waals surface area contributed by atoms with Gasteiger partial charge in [-0.3, -0.25) is 14.3 Å². The molecular formula is C8H10F3N3O4S. The Bertz CT molecular complexity index is 674. The maximum Gasteiger partial charge on any atom is 0.389 e. The molecule has 0 unspecified atom stereocenters. The molecule has 1 aromatic heterocycles. The number of nitrogens with two attached hydrogens (primary N) is 1. The first kappa shape index (κ1) is 15.4. The van der Waals surface area contributed by atoms with Crippen LogP contribution in [0.25, 0.3) is 0 Å². The summed E-state index contributed by atoms with van der Waals surface area (Å²) in [6.45, 7) is -0.391. The topological polar surface area (TPSA) is 115 Å². The maximum atomic E-state index is 11.9. The van der Waals surface area contributed by atoms with Crippen LogP contribution in [0.4, 0.5) is 13.2 Å². The lowest BCUT2D eigenvalue weighted by Gasteiger charge is -2.08. The minimum atomic E-state index is -4.38. The monoisotopic (exact) mass is 301 g/mol. The molecule has 0 radical (unpaired) electrons. The molecule has 0 aliphatic carbocycles. The minimum absolute atomic E-state index is 0.391. The predicted octanol–water partition coefficient (Wildman–Crippen LogP) is -0.473. The third kappa shape index (κ3) is 4.52. The van der Waals surface area contributed by atoms with E-state index in [-0.39, 0.29) is 0 Å². The van der Waals surface area contributed by atoms with Crippen molar-refractivity contribution in [3.05, 3.63) is 27.0 Å². The lowest BCUT2D eigenvalue weighted by atomic mass is 10.3. The van der Waals surface area contributed by atoms with Gasteiger partial charge in [0.05, 0.1) is 0 Å². The number of nitrogens with one attached hydrogen (secondary N) is 1. The van der Waals surface area contributed by atoms with Crippen LogP contribution >= 0.6 is 0 Å². The molecule has 7 nitrogen and oxygen atoms in total. The fourth-order valence-electron chi connectivity index (χ4n) is 1.31. The highest BCUT2D eigenvalue weighted by atomic mass is 32.2. The lowest BCUT2D eigenvalue weighted by molar-refractivity contribution is -0.135. The Morgan fingerprint density at radius 2 is 1.89 bits per heavy atom. The first-order valence-corrected chi connectivity index (χ1v) is 6.48. The number of hydrogen-bond acceptors (Lipinski definition) is 4. The molecule has 0 aliphatic rings. The van der Waals surface area contributed by atoms with Crippen molar-refractivity contribution in [1.29, 1.82) is 0 Å². The van der Waals surface area contributed by atoms with Gasteiger partial charge in [0.1, 0.15) is 0 Å². The molecule has 0 atom stereocenters. The molecule has 0 saturated heterocycles. The van der Waals surface area contributed by atoms with Crippen molar-refractivity contribution in [2.45, 2.75) is 30.5 Å². The van der Waals surface area contributed by atoms with Crippen molar-refractivity contribution < 1.29 is 21.6 Å². The molecule has 0 bridgehead atoms. The van der Waals surface area contributed by atoms with E-state index in [0.29, 0.717) is 10.8 Å². The Morgan fingerprint density at radius 3 is 2.37 bits per heavy atom. The molecule has 1 rings (SSSR count). The van der Waals surface area contributed by atoms with Crippen LogP contribution in [0.2, 0.25) is 0 Å². The summed E-state index contributed by atoms with van der Waals surface area (Å²) in [6.07, 6.45) is -5.32. The van der Waals surface area contributed by atoms with Crippen molar-refractivity contribution in [1.82, 2.24) is 9.55 Å². The molecule has 0 aromatic carbocycles. The quantitative estimate of drug-likeness (QED) is 0.782. The van der Waals surface area contributed by atoms with Gasteiger partial charge < -0.3 is 0 Å². The van der Waals surface area contributed by atoms with E-state index in [2.05, 4.69) is 0 Å². The number of alkyl halides is 3. The van der Waals surface area contributed by atoms with Gasteiger partial charge in [0, 0.05) is 19.2 Å². The van der Waals surface area contributed by atoms with Gasteiger partial charge in [-0.2, -0.15) is 13.2 Å². The third-order valence-corrected chi connectivity index (χ3v) is 3.05. The molecule has 3 N–H and O–H groups in total. The zero-order valence-corrected chi connectivity index (χ0v) is 10.2. The summed E-state index contributed by atoms with van der Waals surface area (Å²) < 4.78 is 58.5. The second-order valence-corrected chi connectivity index (χ2v) is 5.24. The summed E-state index contributed by atoms with van der Waals surface area (Å²) in [4.78, 5) is 23.2. The van der Waals surface area contributed by atoms with Crippen LogP contribution in [-0.2, 0) is 16.6 Å². The number of halogens is 3. The van der Waals surface area contributed by atoms with Crippen LogP contribution in [0, 0.1) is 0 Å². The van der Waals surface area contributed by atoms with Crippen molar-refractivity contribution in [3.8, 4) is 0 Å². The Balaban J connectivity index is 3.04. The molecule has 0 spiro atoms. The van der Waals surface area contributed by atoms with E-state index in [1.54, 1.807) is 4.98 Å². The van der Waals surface area contributed by atoms with E-state index >= 15 is 0 Å². The van der Waals surface area contributed by atoms with E-state index in [0.717, 1.165) is 0 Å². The first-order valence-electron chi connectivity index (χ1n) is 4.94. The Labute approximate surface area is 104 Å². The van der Waals surface area contributed by atoms with Gasteiger partial charge in [-0.05, 0) is 6.42 Å². The summed E-state index contributed by atoms with van der Waals surface area (Å²) in [5.41, 5.74) is -2.21. The molecule has 1 heterocycles. The standard InChI is InChI=1S/C8H10F3N3O4S/c9-8(10,11)2-1-3-14-4-5(19(12,17)18)6(15)13-7(14)16/h4H,1-3H2,(H2,12,17,18)(H,13,15,16). The Hall–Kier alpha value is -1.62. The van der Waals surface area contributed by atoms with Crippen LogP contribution in [-0.4, -0.2) is 24.1 Å². The number of rotatable bonds is 4. The highest BCUT2D eigenvalue weighted by Gasteiger charge is 2.26. The number of primary sulfonamides is 1. The van der Waals surface area contributed by atoms with Crippen molar-refractivity contribution >= 4 is 10.0 Å². The highest BCUT2D eigenvalue weighted by molar-refractivity contribution is 7.89. The smallest absolute Gasteiger partial charge is 0.299 e. The van der Waals surface area contributed by atoms with E-state index in [1.807, 2.05) is 0 Å². The van der Waals surface area contributed by atoms with Crippen LogP contribution in [0.3, 0.4) is 0 Å². The molecular weight excluding hydrogens is 291 g/mol. The second kappa shape index (κ2) is 5.17. The Kier molecular flexibility index (Phi) is 4.20. The molecule has 1 aromatic rings. The van der Waals surface area contributed by atoms with Crippen LogP contribution in [0.5, 0.6) is 0 Å². The van der Waals surface area contributed by atoms with Gasteiger partial charge in [-0.15, -0.1) is 0 Å². The van der Waals surface area contributed by atoms with Crippen molar-refractivity contribution in [2.24, 2.45) is 5.14 Å². The fourth-order valence-corrected chi connectivity index (χ4v) is 1.89. The van der Waals surface area contributed by atoms with Gasteiger partial charge in [0.2, 0.25) is 10.0 Å². The van der Waals surface area contributed by atoms with Gasteiger partial charge in [0.15, 0.2) is 4.90 Å². The molecule has 19 heavy (non-hydrogen) atoms. The fraction of sp³-hybridized carbons (Fsp3) is 0.500. The van der Waals surface area contributed by atoms with E-state index in [9.17, 15) is 31.2 Å². The summed E-state index contributed by atoms with van der Waals surface area (Å²) in [7, 11) is -4.35. The zero-order chi connectivity index (χ0) is 14.8. The molecule has 0 saturated carbocycles. The molecule has 11 heteroatoms. The molecule has 0 fully saturated rings. The predicted molar refractivity (Wildman–Crippen MR) is 58.0 cm³/mol. The molecule has 0 amide bonds. The highest BCUT2D eigenvalue weighted by Crippen LogP contribution is 2.21. The Morgan fingerprint density at radius 1 is 1.32 bits per heavy atom. The van der Waals surface area contributed by atoms with Crippen LogP contribution < -0.4 is 16.4 Å². The maximum absolute atomic E-state index is 11.9. The van der Waals surface area contributed by atoms with Gasteiger partial charge >= 0.3 is 11.9 Å². The number of hydrogen-bond donors (Lipinski definition) is 2. The van der Waals surface area contributed by atoms with E-state index < -0.39 is 51.7 Å². The lowest BCUT2D eigenvalue weighted by Crippen LogP contribution is -2.34. The van der Waals surface area contributed by atoms with E-state index in [1.165, 1.54) is 0 Å². The summed E-state index contributed by atoms with van der Waals surface area (Å²) in [5, 5.41) is 4.73. The van der Waals surface area contributed by atoms with Gasteiger partial charge in [0.25, 0.3) is 5.56 Å². The van der Waals surface area contributed by atoms with Crippen molar-refractivity contribution in [2.75, 3.05) is 0 Å². The zero-order valence-electron chi connectivity index (χ0n) is 9.40. The summed E-state index contributed by atoms with van der Waals surface area (Å²) in [5.74, 6) is 0. The average molecular weight is 301 g/mol. The summed E-state index contributed by atoms with van der Waals surface area (Å²) >= 11 is 0. The van der Waals surface area contributed by atoms with Gasteiger partial charge in [-0.25, -0.2) is 18.4 Å². The van der Waals surface area contributed by atoms with Gasteiger partial charge in [-0.1, -0.05) is 0 Å². The van der Waals surface area contributed by atoms with Crippen LogP contribution in [0.15, 0.2) is 20.7 Å². The largest absolute Gasteiger partial charge is 0.389 e. The second-order valence-electron chi connectivity index (χ2n) is 3.71. The van der Waals surface area contributed by atoms with Crippen LogP contribution in [0.1, 0.15) is 12.8 Å². The normalized spacial score (nSPS) is 12.6. The third-order valence-electron chi connectivity index (χ3n) is 2.14. The summed E-state index contributed by atoms with van der Waals surface area (Å²) in [6, 6.07) is 0. The SMILES string of the molecule is NS(=O)(=O)c1cn(CCCC(F)(F)F)c(=O)[nH]c1=O. The number of aromatic amines is 1. The first-order chi connectivity index (χ1) is 8.50. The number of H-pyrrole nitrogens is 1. The average Bonchev–Trinajstić information content (AvgIpc) is 2.17. The van der Waals surface area contributed by atoms with Crippen molar-refractivity contribution in [3.63, 3.8) is 0 Å². The number of nitrogens with zero attached hydrogens (tertiary/aromatic N) is 1. The number of sulfonamides is 1. The number of aryl methyl sites for hydroxylation is 1. The number of aromatic nitrogens is 2. The minimum Gasteiger partial charge on any atom is -0.299 e.